The lowest BCUT2D eigenvalue weighted by molar-refractivity contribution is 0.571. The second-order valence-electron chi connectivity index (χ2n) is 3.31. The topological polar surface area (TPSA) is 12.9 Å². The number of hydrogen-bond acceptors (Lipinski definition) is 2. The van der Waals surface area contributed by atoms with Crippen LogP contribution in [0.5, 0.6) is 0 Å². The molecule has 0 aliphatic heterocycles. The lowest BCUT2D eigenvalue weighted by Crippen LogP contribution is -1.97. The molecule has 1 aromatic heterocycles. The zero-order valence-corrected chi connectivity index (χ0v) is 9.73. The second kappa shape index (κ2) is 4.89. The number of aromatic nitrogens is 1. The van der Waals surface area contributed by atoms with Crippen molar-refractivity contribution in [1.82, 2.24) is 4.98 Å². The van der Waals surface area contributed by atoms with Gasteiger partial charge in [-0.25, -0.2) is 8.78 Å². The average Bonchev–Trinajstić information content (AvgIpc) is 2.75. The molecule has 0 saturated carbocycles. The van der Waals surface area contributed by atoms with Crippen LogP contribution in [0.2, 0.25) is 0 Å². The van der Waals surface area contributed by atoms with E-state index >= 15 is 0 Å². The fraction of sp³-hybridized carbons (Fsp3) is 0.182. The highest BCUT2D eigenvalue weighted by Gasteiger charge is 2.13. The van der Waals surface area contributed by atoms with Crippen molar-refractivity contribution in [3.05, 3.63) is 52.0 Å². The SMILES string of the molecule is Fc1ccc(CC(Cl)c2cncs2)c(F)c1. The van der Waals surface area contributed by atoms with E-state index in [4.69, 9.17) is 11.6 Å². The molecule has 2 aromatic rings. The Labute approximate surface area is 101 Å². The summed E-state index contributed by atoms with van der Waals surface area (Å²) in [5.74, 6) is -1.14. The summed E-state index contributed by atoms with van der Waals surface area (Å²) < 4.78 is 26.0. The maximum Gasteiger partial charge on any atom is 0.129 e. The van der Waals surface area contributed by atoms with E-state index in [1.807, 2.05) is 0 Å². The normalized spacial score (nSPS) is 12.7. The van der Waals surface area contributed by atoms with Crippen molar-refractivity contribution in [1.29, 1.82) is 0 Å². The van der Waals surface area contributed by atoms with Crippen LogP contribution < -0.4 is 0 Å². The fourth-order valence-electron chi connectivity index (χ4n) is 1.36. The molecule has 0 spiro atoms. The first-order valence-electron chi connectivity index (χ1n) is 4.63. The Morgan fingerprint density at radius 2 is 2.19 bits per heavy atom. The summed E-state index contributed by atoms with van der Waals surface area (Å²) in [6, 6.07) is 3.52. The highest BCUT2D eigenvalue weighted by atomic mass is 35.5. The van der Waals surface area contributed by atoms with E-state index in [0.717, 1.165) is 10.9 Å². The molecule has 0 N–H and O–H groups in total. The number of alkyl halides is 1. The van der Waals surface area contributed by atoms with E-state index in [0.29, 0.717) is 12.0 Å². The van der Waals surface area contributed by atoms with Gasteiger partial charge in [0.2, 0.25) is 0 Å². The quantitative estimate of drug-likeness (QED) is 0.761. The van der Waals surface area contributed by atoms with Crippen LogP contribution in [0, 0.1) is 11.6 Å². The van der Waals surface area contributed by atoms with Gasteiger partial charge in [-0.05, 0) is 18.1 Å². The van der Waals surface area contributed by atoms with Gasteiger partial charge in [-0.3, -0.25) is 4.98 Å². The summed E-state index contributed by atoms with van der Waals surface area (Å²) >= 11 is 7.52. The molecule has 0 fully saturated rings. The third kappa shape index (κ3) is 2.57. The average molecular weight is 260 g/mol. The Morgan fingerprint density at radius 1 is 1.38 bits per heavy atom. The Bertz CT molecular complexity index is 473. The molecule has 2 rings (SSSR count). The van der Waals surface area contributed by atoms with E-state index < -0.39 is 11.6 Å². The van der Waals surface area contributed by atoms with E-state index in [2.05, 4.69) is 4.98 Å². The number of rotatable bonds is 3. The Kier molecular flexibility index (Phi) is 3.51. The minimum atomic E-state index is -0.579. The minimum Gasteiger partial charge on any atom is -0.253 e. The van der Waals surface area contributed by atoms with E-state index in [1.54, 1.807) is 11.7 Å². The molecule has 1 nitrogen and oxygen atoms in total. The van der Waals surface area contributed by atoms with Crippen molar-refractivity contribution in [2.45, 2.75) is 11.8 Å². The van der Waals surface area contributed by atoms with Crippen LogP contribution in [0.15, 0.2) is 29.9 Å². The summed E-state index contributed by atoms with van der Waals surface area (Å²) in [6.07, 6.45) is 1.99. The maximum atomic E-state index is 13.3. The largest absolute Gasteiger partial charge is 0.253 e. The van der Waals surface area contributed by atoms with Crippen molar-refractivity contribution < 1.29 is 8.78 Å². The molecule has 0 bridgehead atoms. The molecule has 84 valence electrons. The molecule has 0 saturated heterocycles. The first-order chi connectivity index (χ1) is 7.66. The number of hydrogen-bond donors (Lipinski definition) is 0. The maximum absolute atomic E-state index is 13.3. The van der Waals surface area contributed by atoms with Crippen LogP contribution in [0.25, 0.3) is 0 Å². The molecule has 1 unspecified atom stereocenters. The van der Waals surface area contributed by atoms with Crippen molar-refractivity contribution in [3.63, 3.8) is 0 Å². The third-order valence-corrected chi connectivity index (χ3v) is 3.58. The minimum absolute atomic E-state index is 0.326. The second-order valence-corrected chi connectivity index (χ2v) is 4.76. The molecule has 16 heavy (non-hydrogen) atoms. The molecule has 0 amide bonds. The van der Waals surface area contributed by atoms with Gasteiger partial charge in [-0.15, -0.1) is 22.9 Å². The molecule has 0 aliphatic carbocycles. The van der Waals surface area contributed by atoms with Gasteiger partial charge in [-0.1, -0.05) is 6.07 Å². The standard InChI is InChI=1S/C11H8ClF2NS/c12-9(11-5-15-6-16-11)3-7-1-2-8(13)4-10(7)14/h1-2,4-6,9H,3H2. The van der Waals surface area contributed by atoms with Gasteiger partial charge < -0.3 is 0 Å². The van der Waals surface area contributed by atoms with Gasteiger partial charge in [0.25, 0.3) is 0 Å². The lowest BCUT2D eigenvalue weighted by atomic mass is 10.1. The van der Waals surface area contributed by atoms with Gasteiger partial charge in [0, 0.05) is 17.1 Å². The highest BCUT2D eigenvalue weighted by Crippen LogP contribution is 2.28. The zero-order chi connectivity index (χ0) is 11.5. The molecule has 0 aliphatic rings. The predicted molar refractivity (Wildman–Crippen MR) is 60.8 cm³/mol. The predicted octanol–water partition coefficient (Wildman–Crippen LogP) is 3.94. The van der Waals surface area contributed by atoms with Gasteiger partial charge in [0.15, 0.2) is 0 Å². The summed E-state index contributed by atoms with van der Waals surface area (Å²) in [5, 5.41) is -0.326. The van der Waals surface area contributed by atoms with Gasteiger partial charge in [0.05, 0.1) is 10.9 Å². The first-order valence-corrected chi connectivity index (χ1v) is 5.95. The molecule has 0 radical (unpaired) electrons. The van der Waals surface area contributed by atoms with Gasteiger partial charge >= 0.3 is 0 Å². The van der Waals surface area contributed by atoms with Crippen molar-refractivity contribution in [2.24, 2.45) is 0 Å². The van der Waals surface area contributed by atoms with Crippen LogP contribution >= 0.6 is 22.9 Å². The zero-order valence-electron chi connectivity index (χ0n) is 8.16. The Hall–Kier alpha value is -1.00. The van der Waals surface area contributed by atoms with Crippen LogP contribution in [-0.4, -0.2) is 4.98 Å². The van der Waals surface area contributed by atoms with Crippen LogP contribution in [0.3, 0.4) is 0 Å². The van der Waals surface area contributed by atoms with E-state index in [9.17, 15) is 8.78 Å². The monoisotopic (exact) mass is 259 g/mol. The number of benzene rings is 1. The van der Waals surface area contributed by atoms with E-state index in [1.165, 1.54) is 23.5 Å². The van der Waals surface area contributed by atoms with E-state index in [-0.39, 0.29) is 5.38 Å². The summed E-state index contributed by atoms with van der Waals surface area (Å²) in [7, 11) is 0. The molecule has 1 heterocycles. The molecule has 1 atom stereocenters. The summed E-state index contributed by atoms with van der Waals surface area (Å²) in [6.45, 7) is 0. The Balaban J connectivity index is 2.15. The number of halogens is 3. The summed E-state index contributed by atoms with van der Waals surface area (Å²) in [5.41, 5.74) is 2.08. The van der Waals surface area contributed by atoms with Crippen LogP contribution in [-0.2, 0) is 6.42 Å². The first kappa shape index (κ1) is 11.5. The summed E-state index contributed by atoms with van der Waals surface area (Å²) in [4.78, 5) is 4.78. The number of thiazole rings is 1. The highest BCUT2D eigenvalue weighted by molar-refractivity contribution is 7.09. The molecule has 5 heteroatoms. The van der Waals surface area contributed by atoms with Crippen molar-refractivity contribution in [3.8, 4) is 0 Å². The lowest BCUT2D eigenvalue weighted by Gasteiger charge is -2.07. The third-order valence-electron chi connectivity index (χ3n) is 2.17. The molecule has 1 aromatic carbocycles. The fourth-order valence-corrected chi connectivity index (χ4v) is 2.33. The van der Waals surface area contributed by atoms with Crippen molar-refractivity contribution >= 4 is 22.9 Å². The van der Waals surface area contributed by atoms with Crippen LogP contribution in [0.4, 0.5) is 8.78 Å². The molecular formula is C11H8ClF2NS. The molecular weight excluding hydrogens is 252 g/mol. The van der Waals surface area contributed by atoms with Crippen molar-refractivity contribution in [2.75, 3.05) is 0 Å². The Morgan fingerprint density at radius 3 is 2.81 bits per heavy atom. The van der Waals surface area contributed by atoms with Gasteiger partial charge in [0.1, 0.15) is 11.6 Å². The smallest absolute Gasteiger partial charge is 0.129 e. The van der Waals surface area contributed by atoms with Gasteiger partial charge in [-0.2, -0.15) is 0 Å². The number of nitrogens with zero attached hydrogens (tertiary/aromatic N) is 1. The van der Waals surface area contributed by atoms with Crippen LogP contribution in [0.1, 0.15) is 15.8 Å².